The van der Waals surface area contributed by atoms with Crippen LogP contribution in [0.2, 0.25) is 0 Å². The molecule has 3 aromatic heterocycles. The van der Waals surface area contributed by atoms with Gasteiger partial charge in [0.25, 0.3) is 0 Å². The van der Waals surface area contributed by atoms with E-state index in [0.717, 1.165) is 11.6 Å². The van der Waals surface area contributed by atoms with Crippen molar-refractivity contribution >= 4 is 5.82 Å². The number of halogens is 3. The monoisotopic (exact) mass is 335 g/mol. The summed E-state index contributed by atoms with van der Waals surface area (Å²) < 4.78 is 46.1. The van der Waals surface area contributed by atoms with Crippen LogP contribution in [0.5, 0.6) is 11.5 Å². The molecule has 0 saturated heterocycles. The molecule has 0 radical (unpaired) electrons. The number of alkyl halides is 3. The molecule has 0 amide bonds. The highest BCUT2D eigenvalue weighted by Gasteiger charge is 2.37. The molecule has 0 aliphatic carbocycles. The summed E-state index contributed by atoms with van der Waals surface area (Å²) in [6.07, 6.45) is 0.0929. The molecule has 0 unspecified atom stereocenters. The molecule has 3 aromatic rings. The lowest BCUT2D eigenvalue weighted by atomic mass is 10.2. The van der Waals surface area contributed by atoms with Gasteiger partial charge in [-0.05, 0) is 18.2 Å². The fourth-order valence-electron chi connectivity index (χ4n) is 2.06. The third-order valence-electron chi connectivity index (χ3n) is 3.11. The van der Waals surface area contributed by atoms with Crippen LogP contribution in [-0.4, -0.2) is 19.7 Å². The molecule has 0 bridgehead atoms. The number of nitrogens with two attached hydrogens (primary N) is 1. The number of hydrogen-bond acceptors (Lipinski definition) is 5. The van der Waals surface area contributed by atoms with E-state index in [9.17, 15) is 13.2 Å². The molecule has 2 N–H and O–H groups in total. The van der Waals surface area contributed by atoms with Gasteiger partial charge in [0, 0.05) is 31.1 Å². The highest BCUT2D eigenvalue weighted by Crippen LogP contribution is 2.37. The van der Waals surface area contributed by atoms with Crippen molar-refractivity contribution in [1.29, 1.82) is 0 Å². The Bertz CT molecular complexity index is 876. The van der Waals surface area contributed by atoms with E-state index in [1.54, 1.807) is 24.1 Å². The summed E-state index contributed by atoms with van der Waals surface area (Å²) in [6, 6.07) is 5.35. The van der Waals surface area contributed by atoms with Crippen molar-refractivity contribution in [3.8, 4) is 22.8 Å². The molecule has 9 heteroatoms. The quantitative estimate of drug-likeness (QED) is 0.795. The van der Waals surface area contributed by atoms with Crippen molar-refractivity contribution in [1.82, 2.24) is 19.7 Å². The molecule has 3 rings (SSSR count). The zero-order valence-corrected chi connectivity index (χ0v) is 12.4. The van der Waals surface area contributed by atoms with E-state index in [1.165, 1.54) is 24.4 Å². The van der Waals surface area contributed by atoms with E-state index in [0.29, 0.717) is 5.69 Å². The lowest BCUT2D eigenvalue weighted by molar-refractivity contribution is -0.142. The van der Waals surface area contributed by atoms with Crippen molar-refractivity contribution in [3.05, 3.63) is 48.5 Å². The van der Waals surface area contributed by atoms with Crippen LogP contribution in [0, 0.1) is 0 Å². The largest absolute Gasteiger partial charge is 0.455 e. The first kappa shape index (κ1) is 15.8. The molecule has 6 nitrogen and oxygen atoms in total. The van der Waals surface area contributed by atoms with Gasteiger partial charge in [-0.15, -0.1) is 0 Å². The van der Waals surface area contributed by atoms with Gasteiger partial charge in [0.05, 0.1) is 11.9 Å². The predicted molar refractivity (Wildman–Crippen MR) is 80.2 cm³/mol. The second-order valence-corrected chi connectivity index (χ2v) is 4.96. The molecule has 0 atom stereocenters. The van der Waals surface area contributed by atoms with Crippen molar-refractivity contribution < 1.29 is 17.9 Å². The highest BCUT2D eigenvalue weighted by molar-refractivity contribution is 5.59. The minimum atomic E-state index is -4.68. The van der Waals surface area contributed by atoms with Gasteiger partial charge in [0.1, 0.15) is 11.6 Å². The summed E-state index contributed by atoms with van der Waals surface area (Å²) in [7, 11) is 1.75. The highest BCUT2D eigenvalue weighted by atomic mass is 19.4. The Labute approximate surface area is 134 Å². The zero-order valence-electron chi connectivity index (χ0n) is 12.4. The number of nitrogen functional groups attached to an aromatic ring is 1. The van der Waals surface area contributed by atoms with E-state index >= 15 is 0 Å². The fraction of sp³-hybridized carbons (Fsp3) is 0.133. The first-order valence-corrected chi connectivity index (χ1v) is 6.79. The number of aromatic nitrogens is 4. The van der Waals surface area contributed by atoms with E-state index < -0.39 is 17.6 Å². The molecule has 3 heterocycles. The van der Waals surface area contributed by atoms with Gasteiger partial charge < -0.3 is 10.5 Å². The molecule has 24 heavy (non-hydrogen) atoms. The average Bonchev–Trinajstić information content (AvgIpc) is 2.95. The maximum atomic E-state index is 13.1. The molecule has 0 saturated carbocycles. The van der Waals surface area contributed by atoms with Gasteiger partial charge >= 0.3 is 6.18 Å². The summed E-state index contributed by atoms with van der Waals surface area (Å²) in [5.74, 6) is -0.471. The van der Waals surface area contributed by atoms with Gasteiger partial charge in [0.15, 0.2) is 11.4 Å². The summed E-state index contributed by atoms with van der Waals surface area (Å²) in [6.45, 7) is 0. The summed E-state index contributed by atoms with van der Waals surface area (Å²) in [4.78, 5) is 7.48. The van der Waals surface area contributed by atoms with E-state index in [2.05, 4.69) is 15.1 Å². The molecule has 0 aromatic carbocycles. The second-order valence-electron chi connectivity index (χ2n) is 4.96. The molecule has 0 spiro atoms. The Morgan fingerprint density at radius 2 is 2.00 bits per heavy atom. The minimum Gasteiger partial charge on any atom is -0.455 e. The average molecular weight is 335 g/mol. The molecular formula is C15H12F3N5O. The number of anilines is 1. The standard InChI is InChI=1S/C15H12F3N5O/c1-23-8-9(7-21-23)11-6-10(4-5-20-11)24-12-2-3-13(19)22-14(12)15(16,17)18/h2-8H,1H3,(H2,19,22). The van der Waals surface area contributed by atoms with Gasteiger partial charge in [-0.1, -0.05) is 0 Å². The van der Waals surface area contributed by atoms with Crippen LogP contribution in [0.4, 0.5) is 19.0 Å². The van der Waals surface area contributed by atoms with Crippen LogP contribution in [0.1, 0.15) is 5.69 Å². The Morgan fingerprint density at radius 3 is 2.67 bits per heavy atom. The van der Waals surface area contributed by atoms with Gasteiger partial charge in [0.2, 0.25) is 0 Å². The maximum absolute atomic E-state index is 13.1. The third-order valence-corrected chi connectivity index (χ3v) is 3.11. The molecule has 0 aliphatic heterocycles. The number of ether oxygens (including phenoxy) is 1. The van der Waals surface area contributed by atoms with Crippen molar-refractivity contribution in [2.75, 3.05) is 5.73 Å². The van der Waals surface area contributed by atoms with Gasteiger partial charge in [-0.3, -0.25) is 9.67 Å². The van der Waals surface area contributed by atoms with Crippen molar-refractivity contribution in [2.45, 2.75) is 6.18 Å². The van der Waals surface area contributed by atoms with Crippen LogP contribution < -0.4 is 10.5 Å². The predicted octanol–water partition coefficient (Wildman–Crippen LogP) is 3.27. The zero-order chi connectivity index (χ0) is 17.3. The van der Waals surface area contributed by atoms with Crippen LogP contribution in [0.3, 0.4) is 0 Å². The Morgan fingerprint density at radius 1 is 1.21 bits per heavy atom. The molecule has 124 valence electrons. The molecule has 0 fully saturated rings. The first-order chi connectivity index (χ1) is 11.3. The Hall–Kier alpha value is -3.10. The lowest BCUT2D eigenvalue weighted by Gasteiger charge is -2.13. The number of rotatable bonds is 3. The molecule has 0 aliphatic rings. The summed E-state index contributed by atoms with van der Waals surface area (Å²) >= 11 is 0. The second kappa shape index (κ2) is 5.84. The summed E-state index contributed by atoms with van der Waals surface area (Å²) in [5.41, 5.74) is 5.40. The fourth-order valence-corrected chi connectivity index (χ4v) is 2.06. The van der Waals surface area contributed by atoms with Gasteiger partial charge in [-0.25, -0.2) is 4.98 Å². The van der Waals surface area contributed by atoms with Gasteiger partial charge in [-0.2, -0.15) is 18.3 Å². The third kappa shape index (κ3) is 3.29. The van der Waals surface area contributed by atoms with Crippen LogP contribution in [0.25, 0.3) is 11.3 Å². The Kier molecular flexibility index (Phi) is 3.84. The minimum absolute atomic E-state index is 0.195. The van der Waals surface area contributed by atoms with Crippen LogP contribution in [-0.2, 0) is 13.2 Å². The summed E-state index contributed by atoms with van der Waals surface area (Å²) in [5, 5.41) is 4.03. The smallest absolute Gasteiger partial charge is 0.437 e. The maximum Gasteiger partial charge on any atom is 0.437 e. The SMILES string of the molecule is Cn1cc(-c2cc(Oc3ccc(N)nc3C(F)(F)F)ccn2)cn1. The Balaban J connectivity index is 1.95. The number of pyridine rings is 2. The molecular weight excluding hydrogens is 323 g/mol. The first-order valence-electron chi connectivity index (χ1n) is 6.79. The van der Waals surface area contributed by atoms with Crippen LogP contribution in [0.15, 0.2) is 42.9 Å². The van der Waals surface area contributed by atoms with Crippen molar-refractivity contribution in [3.63, 3.8) is 0 Å². The normalized spacial score (nSPS) is 11.5. The van der Waals surface area contributed by atoms with Crippen molar-refractivity contribution in [2.24, 2.45) is 7.05 Å². The van der Waals surface area contributed by atoms with E-state index in [-0.39, 0.29) is 11.6 Å². The van der Waals surface area contributed by atoms with Crippen LogP contribution >= 0.6 is 0 Å². The number of nitrogens with zero attached hydrogens (tertiary/aromatic N) is 4. The lowest BCUT2D eigenvalue weighted by Crippen LogP contribution is -2.11. The van der Waals surface area contributed by atoms with E-state index in [1.807, 2.05) is 0 Å². The topological polar surface area (TPSA) is 78.9 Å². The van der Waals surface area contributed by atoms with E-state index in [4.69, 9.17) is 10.5 Å². The number of hydrogen-bond donors (Lipinski definition) is 1. The number of aryl methyl sites for hydroxylation is 1.